The van der Waals surface area contributed by atoms with Crippen molar-refractivity contribution in [1.29, 1.82) is 0 Å². The van der Waals surface area contributed by atoms with Gasteiger partial charge in [-0.3, -0.25) is 0 Å². The van der Waals surface area contributed by atoms with Gasteiger partial charge in [-0.1, -0.05) is 12.1 Å². The first-order valence-electron chi connectivity index (χ1n) is 5.36. The molecule has 0 aromatic heterocycles. The van der Waals surface area contributed by atoms with Crippen molar-refractivity contribution in [3.05, 3.63) is 35.1 Å². The highest BCUT2D eigenvalue weighted by Gasteiger charge is 2.37. The summed E-state index contributed by atoms with van der Waals surface area (Å²) in [5.74, 6) is -0.825. The molecule has 1 aliphatic rings. The van der Waals surface area contributed by atoms with Crippen molar-refractivity contribution in [1.82, 2.24) is 0 Å². The van der Waals surface area contributed by atoms with Gasteiger partial charge >= 0.3 is 0 Å². The van der Waals surface area contributed by atoms with E-state index in [1.807, 2.05) is 0 Å². The lowest BCUT2D eigenvalue weighted by Crippen LogP contribution is -2.22. The van der Waals surface area contributed by atoms with E-state index in [4.69, 9.17) is 5.73 Å². The van der Waals surface area contributed by atoms with Crippen LogP contribution in [0, 0.1) is 5.82 Å². The molecule has 0 radical (unpaired) electrons. The third-order valence-electron chi connectivity index (χ3n) is 3.10. The van der Waals surface area contributed by atoms with Gasteiger partial charge in [0.1, 0.15) is 5.82 Å². The van der Waals surface area contributed by atoms with Crippen LogP contribution in [0.15, 0.2) is 18.2 Å². The van der Waals surface area contributed by atoms with Gasteiger partial charge in [-0.25, -0.2) is 13.2 Å². The lowest BCUT2D eigenvalue weighted by Gasteiger charge is -2.09. The maximum absolute atomic E-state index is 13.2. The number of nitrogens with two attached hydrogens (primary N) is 1. The van der Waals surface area contributed by atoms with Crippen LogP contribution >= 0.6 is 0 Å². The summed E-state index contributed by atoms with van der Waals surface area (Å²) in [5.41, 5.74) is 6.02. The predicted octanol–water partition coefficient (Wildman–Crippen LogP) is 3.19. The standard InChI is InChI=1S/C12H14F3N/c13-10-7-8(1-2-9(10)11(14)15)3-4-12(16)5-6-12/h1-2,7,11H,3-6,16H2. The Labute approximate surface area is 92.5 Å². The number of rotatable bonds is 4. The molecule has 2 N–H and O–H groups in total. The summed E-state index contributed by atoms with van der Waals surface area (Å²) in [6.07, 6.45) is 0.699. The van der Waals surface area contributed by atoms with E-state index in [2.05, 4.69) is 0 Å². The molecule has 2 rings (SSSR count). The molecular weight excluding hydrogens is 215 g/mol. The van der Waals surface area contributed by atoms with Gasteiger partial charge in [0.2, 0.25) is 0 Å². The van der Waals surface area contributed by atoms with E-state index in [1.54, 1.807) is 6.07 Å². The fourth-order valence-corrected chi connectivity index (χ4v) is 1.71. The number of hydrogen-bond acceptors (Lipinski definition) is 1. The molecule has 16 heavy (non-hydrogen) atoms. The lowest BCUT2D eigenvalue weighted by molar-refractivity contribution is 0.146. The number of aryl methyl sites for hydroxylation is 1. The molecule has 0 aliphatic heterocycles. The zero-order chi connectivity index (χ0) is 11.8. The Kier molecular flexibility index (Phi) is 2.93. The molecule has 88 valence electrons. The monoisotopic (exact) mass is 229 g/mol. The van der Waals surface area contributed by atoms with Crippen LogP contribution in [0.2, 0.25) is 0 Å². The maximum atomic E-state index is 13.2. The van der Waals surface area contributed by atoms with E-state index in [9.17, 15) is 13.2 Å². The second-order valence-corrected chi connectivity index (χ2v) is 4.52. The SMILES string of the molecule is NC1(CCc2ccc(C(F)F)c(F)c2)CC1. The highest BCUT2D eigenvalue weighted by atomic mass is 19.3. The molecule has 0 amide bonds. The van der Waals surface area contributed by atoms with E-state index in [0.717, 1.165) is 30.9 Å². The molecule has 0 heterocycles. The average Bonchev–Trinajstić information content (AvgIpc) is 2.94. The van der Waals surface area contributed by atoms with Gasteiger partial charge in [0.25, 0.3) is 6.43 Å². The molecule has 1 aromatic rings. The highest BCUT2D eigenvalue weighted by molar-refractivity contribution is 5.25. The molecular formula is C12H14F3N. The molecule has 0 atom stereocenters. The van der Waals surface area contributed by atoms with Crippen molar-refractivity contribution in [2.75, 3.05) is 0 Å². The molecule has 1 aromatic carbocycles. The van der Waals surface area contributed by atoms with Crippen LogP contribution in [0.1, 0.15) is 36.8 Å². The Morgan fingerprint density at radius 1 is 1.31 bits per heavy atom. The van der Waals surface area contributed by atoms with Gasteiger partial charge < -0.3 is 5.73 Å². The van der Waals surface area contributed by atoms with Gasteiger partial charge in [-0.15, -0.1) is 0 Å². The summed E-state index contributed by atoms with van der Waals surface area (Å²) >= 11 is 0. The highest BCUT2D eigenvalue weighted by Crippen LogP contribution is 2.36. The summed E-state index contributed by atoms with van der Waals surface area (Å²) in [7, 11) is 0. The van der Waals surface area contributed by atoms with Crippen LogP contribution in [-0.2, 0) is 6.42 Å². The number of alkyl halides is 2. The third kappa shape index (κ3) is 2.55. The summed E-state index contributed by atoms with van der Waals surface area (Å²) in [4.78, 5) is 0. The summed E-state index contributed by atoms with van der Waals surface area (Å²) in [6, 6.07) is 3.90. The first kappa shape index (κ1) is 11.5. The minimum Gasteiger partial charge on any atom is -0.325 e. The second-order valence-electron chi connectivity index (χ2n) is 4.52. The molecule has 1 fully saturated rings. The van der Waals surface area contributed by atoms with Crippen molar-refractivity contribution in [3.8, 4) is 0 Å². The van der Waals surface area contributed by atoms with Crippen molar-refractivity contribution in [3.63, 3.8) is 0 Å². The van der Waals surface area contributed by atoms with Crippen LogP contribution in [0.25, 0.3) is 0 Å². The lowest BCUT2D eigenvalue weighted by atomic mass is 10.0. The summed E-state index contributed by atoms with van der Waals surface area (Å²) < 4.78 is 37.8. The quantitative estimate of drug-likeness (QED) is 0.843. The number of benzene rings is 1. The molecule has 1 saturated carbocycles. The van der Waals surface area contributed by atoms with Crippen LogP contribution < -0.4 is 5.73 Å². The topological polar surface area (TPSA) is 26.0 Å². The van der Waals surface area contributed by atoms with Gasteiger partial charge in [0.05, 0.1) is 5.56 Å². The fraction of sp³-hybridized carbons (Fsp3) is 0.500. The van der Waals surface area contributed by atoms with Crippen molar-refractivity contribution in [2.24, 2.45) is 5.73 Å². The molecule has 1 aliphatic carbocycles. The van der Waals surface area contributed by atoms with Crippen LogP contribution in [0.5, 0.6) is 0 Å². The predicted molar refractivity (Wildman–Crippen MR) is 55.8 cm³/mol. The van der Waals surface area contributed by atoms with Crippen LogP contribution in [0.3, 0.4) is 0 Å². The zero-order valence-corrected chi connectivity index (χ0v) is 8.85. The van der Waals surface area contributed by atoms with Gasteiger partial charge in [0, 0.05) is 5.54 Å². The summed E-state index contributed by atoms with van der Waals surface area (Å²) in [6.45, 7) is 0. The Hall–Kier alpha value is -1.03. The minimum atomic E-state index is -2.75. The van der Waals surface area contributed by atoms with E-state index < -0.39 is 17.8 Å². The number of halogens is 3. The van der Waals surface area contributed by atoms with Gasteiger partial charge in [-0.2, -0.15) is 0 Å². The zero-order valence-electron chi connectivity index (χ0n) is 8.85. The average molecular weight is 229 g/mol. The van der Waals surface area contributed by atoms with Gasteiger partial charge in [-0.05, 0) is 37.3 Å². The van der Waals surface area contributed by atoms with E-state index in [0.29, 0.717) is 6.42 Å². The van der Waals surface area contributed by atoms with Crippen molar-refractivity contribution < 1.29 is 13.2 Å². The largest absolute Gasteiger partial charge is 0.325 e. The molecule has 1 nitrogen and oxygen atoms in total. The molecule has 4 heteroatoms. The normalized spacial score (nSPS) is 17.8. The summed E-state index contributed by atoms with van der Waals surface area (Å²) in [5, 5.41) is 0. The fourth-order valence-electron chi connectivity index (χ4n) is 1.71. The number of hydrogen-bond donors (Lipinski definition) is 1. The first-order chi connectivity index (χ1) is 7.50. The Balaban J connectivity index is 2.03. The Morgan fingerprint density at radius 2 is 2.00 bits per heavy atom. The van der Waals surface area contributed by atoms with E-state index >= 15 is 0 Å². The molecule has 0 bridgehead atoms. The molecule has 0 spiro atoms. The van der Waals surface area contributed by atoms with Crippen molar-refractivity contribution in [2.45, 2.75) is 37.6 Å². The molecule has 0 saturated heterocycles. The van der Waals surface area contributed by atoms with Crippen molar-refractivity contribution >= 4 is 0 Å². The second kappa shape index (κ2) is 4.09. The minimum absolute atomic E-state index is 0.0855. The Bertz CT molecular complexity index is 386. The first-order valence-corrected chi connectivity index (χ1v) is 5.36. The van der Waals surface area contributed by atoms with E-state index in [-0.39, 0.29) is 5.54 Å². The van der Waals surface area contributed by atoms with E-state index in [1.165, 1.54) is 6.07 Å². The third-order valence-corrected chi connectivity index (χ3v) is 3.10. The Morgan fingerprint density at radius 3 is 2.50 bits per heavy atom. The van der Waals surface area contributed by atoms with Crippen LogP contribution in [-0.4, -0.2) is 5.54 Å². The maximum Gasteiger partial charge on any atom is 0.266 e. The van der Waals surface area contributed by atoms with Crippen LogP contribution in [0.4, 0.5) is 13.2 Å². The smallest absolute Gasteiger partial charge is 0.266 e. The molecule has 0 unspecified atom stereocenters. The van der Waals surface area contributed by atoms with Gasteiger partial charge in [0.15, 0.2) is 0 Å².